The molecule has 0 atom stereocenters. The summed E-state index contributed by atoms with van der Waals surface area (Å²) >= 11 is 0. The average Bonchev–Trinajstić information content (AvgIpc) is 2.59. The Hall–Kier alpha value is -2.60. The number of ether oxygens (including phenoxy) is 1. The molecule has 0 heterocycles. The Balaban J connectivity index is 2.23. The Bertz CT molecular complexity index is 937. The number of carbonyl (C=O) groups excluding carboxylic acids is 1. The summed E-state index contributed by atoms with van der Waals surface area (Å²) in [5, 5.41) is 0. The largest absolute Gasteiger partial charge is 0.494 e. The van der Waals surface area contributed by atoms with E-state index in [1.807, 2.05) is 13.8 Å². The fourth-order valence-electron chi connectivity index (χ4n) is 2.94. The molecule has 5 nitrogen and oxygen atoms in total. The number of sulfonamides is 1. The molecule has 2 aromatic carbocycles. The standard InChI is InChI=1S/C21H25NO4S/c1-6-26-19-10-7-18(8-11-19)9-12-20(23)22(5)27(24,25)21-16(3)13-15(2)14-17(21)4/h7-14H,6H2,1-5H3/b12-9+. The van der Waals surface area contributed by atoms with Gasteiger partial charge in [0.25, 0.3) is 15.9 Å². The molecule has 0 aliphatic carbocycles. The van der Waals surface area contributed by atoms with E-state index in [9.17, 15) is 13.2 Å². The lowest BCUT2D eigenvalue weighted by molar-refractivity contribution is -0.120. The van der Waals surface area contributed by atoms with Crippen molar-refractivity contribution in [3.63, 3.8) is 0 Å². The molecule has 0 N–H and O–H groups in total. The molecule has 27 heavy (non-hydrogen) atoms. The zero-order valence-corrected chi connectivity index (χ0v) is 17.1. The summed E-state index contributed by atoms with van der Waals surface area (Å²) in [6, 6.07) is 10.8. The van der Waals surface area contributed by atoms with Crippen LogP contribution in [0, 0.1) is 20.8 Å². The quantitative estimate of drug-likeness (QED) is 0.706. The van der Waals surface area contributed by atoms with Gasteiger partial charge in [-0.1, -0.05) is 29.8 Å². The highest BCUT2D eigenvalue weighted by Gasteiger charge is 2.27. The summed E-state index contributed by atoms with van der Waals surface area (Å²) in [6.45, 7) is 7.86. The van der Waals surface area contributed by atoms with Crippen molar-refractivity contribution in [2.45, 2.75) is 32.6 Å². The van der Waals surface area contributed by atoms with Crippen LogP contribution in [0.15, 0.2) is 47.4 Å². The number of aryl methyl sites for hydroxylation is 3. The average molecular weight is 388 g/mol. The normalized spacial score (nSPS) is 11.6. The van der Waals surface area contributed by atoms with E-state index >= 15 is 0 Å². The summed E-state index contributed by atoms with van der Waals surface area (Å²) in [5.41, 5.74) is 3.01. The lowest BCUT2D eigenvalue weighted by Gasteiger charge is -2.19. The van der Waals surface area contributed by atoms with Crippen molar-refractivity contribution in [1.29, 1.82) is 0 Å². The number of amides is 1. The Morgan fingerprint density at radius 3 is 2.15 bits per heavy atom. The molecular formula is C21H25NO4S. The van der Waals surface area contributed by atoms with Gasteiger partial charge in [-0.3, -0.25) is 4.79 Å². The number of likely N-dealkylation sites (N-methyl/N-ethyl adjacent to an activating group) is 1. The molecule has 0 bridgehead atoms. The Morgan fingerprint density at radius 1 is 1.07 bits per heavy atom. The molecule has 0 unspecified atom stereocenters. The lowest BCUT2D eigenvalue weighted by atomic mass is 10.1. The van der Waals surface area contributed by atoms with Crippen molar-refractivity contribution >= 4 is 22.0 Å². The molecule has 144 valence electrons. The van der Waals surface area contributed by atoms with Crippen molar-refractivity contribution in [1.82, 2.24) is 4.31 Å². The zero-order chi connectivity index (χ0) is 20.2. The second kappa shape index (κ2) is 8.39. The van der Waals surface area contributed by atoms with E-state index in [1.165, 1.54) is 13.1 Å². The van der Waals surface area contributed by atoms with Crippen LogP contribution >= 0.6 is 0 Å². The summed E-state index contributed by atoms with van der Waals surface area (Å²) in [6.07, 6.45) is 2.84. The highest BCUT2D eigenvalue weighted by Crippen LogP contribution is 2.25. The van der Waals surface area contributed by atoms with Crippen molar-refractivity contribution in [2.75, 3.05) is 13.7 Å². The van der Waals surface area contributed by atoms with E-state index in [-0.39, 0.29) is 4.90 Å². The van der Waals surface area contributed by atoms with Crippen molar-refractivity contribution < 1.29 is 17.9 Å². The predicted molar refractivity (Wildman–Crippen MR) is 107 cm³/mol. The van der Waals surface area contributed by atoms with E-state index in [2.05, 4.69) is 0 Å². The molecule has 2 aromatic rings. The van der Waals surface area contributed by atoms with Gasteiger partial charge >= 0.3 is 0 Å². The molecule has 0 aliphatic heterocycles. The van der Waals surface area contributed by atoms with Gasteiger partial charge in [0, 0.05) is 13.1 Å². The predicted octanol–water partition coefficient (Wildman–Crippen LogP) is 3.87. The lowest BCUT2D eigenvalue weighted by Crippen LogP contribution is -2.32. The monoisotopic (exact) mass is 387 g/mol. The molecule has 0 aliphatic rings. The molecule has 0 aromatic heterocycles. The molecule has 2 rings (SSSR count). The third-order valence-electron chi connectivity index (χ3n) is 4.14. The van der Waals surface area contributed by atoms with E-state index in [0.29, 0.717) is 17.7 Å². The van der Waals surface area contributed by atoms with E-state index < -0.39 is 15.9 Å². The summed E-state index contributed by atoms with van der Waals surface area (Å²) in [4.78, 5) is 12.6. The Labute approximate surface area is 161 Å². The molecule has 1 amide bonds. The molecule has 0 saturated heterocycles. The summed E-state index contributed by atoms with van der Waals surface area (Å²) < 4.78 is 32.0. The van der Waals surface area contributed by atoms with Crippen LogP contribution in [0.3, 0.4) is 0 Å². The van der Waals surface area contributed by atoms with Crippen LogP contribution in [0.5, 0.6) is 5.75 Å². The topological polar surface area (TPSA) is 63.7 Å². The first-order valence-corrected chi connectivity index (χ1v) is 10.1. The maximum Gasteiger partial charge on any atom is 0.267 e. The second-order valence-corrected chi connectivity index (χ2v) is 8.28. The SMILES string of the molecule is CCOc1ccc(/C=C/C(=O)N(C)S(=O)(=O)c2c(C)cc(C)cc2C)cc1. The van der Waals surface area contributed by atoms with E-state index in [0.717, 1.165) is 21.2 Å². The van der Waals surface area contributed by atoms with Gasteiger partial charge in [-0.25, -0.2) is 12.7 Å². The smallest absolute Gasteiger partial charge is 0.267 e. The molecule has 0 saturated carbocycles. The van der Waals surface area contributed by atoms with Gasteiger partial charge in [-0.05, 0) is 62.6 Å². The first kappa shape index (κ1) is 20.7. The van der Waals surface area contributed by atoms with Crippen molar-refractivity contribution in [3.05, 3.63) is 64.7 Å². The molecular weight excluding hydrogens is 362 g/mol. The Kier molecular flexibility index (Phi) is 6.44. The van der Waals surface area contributed by atoms with Gasteiger partial charge in [0.2, 0.25) is 0 Å². The van der Waals surface area contributed by atoms with Crippen molar-refractivity contribution in [2.24, 2.45) is 0 Å². The first-order chi connectivity index (χ1) is 12.7. The van der Waals surface area contributed by atoms with Crippen LogP contribution < -0.4 is 4.74 Å². The zero-order valence-electron chi connectivity index (χ0n) is 16.3. The highest BCUT2D eigenvalue weighted by molar-refractivity contribution is 7.89. The maximum atomic E-state index is 12.9. The third-order valence-corrected chi connectivity index (χ3v) is 6.20. The van der Waals surface area contributed by atoms with Crippen LogP contribution in [0.1, 0.15) is 29.2 Å². The minimum atomic E-state index is -3.92. The Morgan fingerprint density at radius 2 is 1.63 bits per heavy atom. The van der Waals surface area contributed by atoms with Gasteiger partial charge in [-0.15, -0.1) is 0 Å². The summed E-state index contributed by atoms with van der Waals surface area (Å²) in [7, 11) is -2.65. The fraction of sp³-hybridized carbons (Fsp3) is 0.286. The minimum absolute atomic E-state index is 0.179. The van der Waals surface area contributed by atoms with E-state index in [1.54, 1.807) is 56.3 Å². The first-order valence-electron chi connectivity index (χ1n) is 8.68. The van der Waals surface area contributed by atoms with Gasteiger partial charge in [0.05, 0.1) is 11.5 Å². The van der Waals surface area contributed by atoms with Crippen LogP contribution in [-0.2, 0) is 14.8 Å². The second-order valence-electron chi connectivity index (χ2n) is 6.37. The number of nitrogens with zero attached hydrogens (tertiary/aromatic N) is 1. The molecule has 0 radical (unpaired) electrons. The fourth-order valence-corrected chi connectivity index (χ4v) is 4.45. The third kappa shape index (κ3) is 4.77. The van der Waals surface area contributed by atoms with E-state index in [4.69, 9.17) is 4.74 Å². The summed E-state index contributed by atoms with van der Waals surface area (Å²) in [5.74, 6) is 0.134. The number of benzene rings is 2. The minimum Gasteiger partial charge on any atom is -0.494 e. The number of carbonyl (C=O) groups is 1. The van der Waals surface area contributed by atoms with Crippen molar-refractivity contribution in [3.8, 4) is 5.75 Å². The van der Waals surface area contributed by atoms with Crippen LogP contribution in [0.25, 0.3) is 6.08 Å². The number of hydrogen-bond acceptors (Lipinski definition) is 4. The van der Waals surface area contributed by atoms with Crippen LogP contribution in [0.4, 0.5) is 0 Å². The van der Waals surface area contributed by atoms with Gasteiger partial charge in [-0.2, -0.15) is 0 Å². The van der Waals surface area contributed by atoms with Crippen LogP contribution in [-0.4, -0.2) is 32.3 Å². The van der Waals surface area contributed by atoms with Gasteiger partial charge < -0.3 is 4.74 Å². The molecule has 6 heteroatoms. The molecule has 0 fully saturated rings. The van der Waals surface area contributed by atoms with Gasteiger partial charge in [0.15, 0.2) is 0 Å². The maximum absolute atomic E-state index is 12.9. The highest BCUT2D eigenvalue weighted by atomic mass is 32.2. The molecule has 0 spiro atoms. The number of hydrogen-bond donors (Lipinski definition) is 0. The van der Waals surface area contributed by atoms with Gasteiger partial charge in [0.1, 0.15) is 5.75 Å². The number of rotatable bonds is 6. The van der Waals surface area contributed by atoms with Crippen LogP contribution in [0.2, 0.25) is 0 Å².